The number of fused-ring (bicyclic) bond motifs is 2. The van der Waals surface area contributed by atoms with Gasteiger partial charge in [-0.15, -0.1) is 0 Å². The van der Waals surface area contributed by atoms with E-state index < -0.39 is 17.9 Å². The van der Waals surface area contributed by atoms with Crippen LogP contribution in [-0.2, 0) is 4.79 Å². The molecule has 0 bridgehead atoms. The van der Waals surface area contributed by atoms with Crippen LogP contribution >= 0.6 is 0 Å². The van der Waals surface area contributed by atoms with E-state index in [0.29, 0.717) is 24.2 Å². The average Bonchev–Trinajstić information content (AvgIpc) is 3.34. The molecule has 0 saturated heterocycles. The molecule has 1 atom stereocenters. The van der Waals surface area contributed by atoms with Gasteiger partial charge in [0.05, 0.1) is 11.1 Å². The summed E-state index contributed by atoms with van der Waals surface area (Å²) in [7, 11) is 0. The highest BCUT2D eigenvalue weighted by atomic mass is 16.2. The second-order valence-corrected chi connectivity index (χ2v) is 8.17. The van der Waals surface area contributed by atoms with Gasteiger partial charge in [0.25, 0.3) is 11.8 Å². The number of nitrogens with one attached hydrogen (secondary N) is 1. The number of benzene rings is 2. The highest BCUT2D eigenvalue weighted by Gasteiger charge is 2.41. The van der Waals surface area contributed by atoms with E-state index in [1.54, 1.807) is 36.1 Å². The van der Waals surface area contributed by atoms with E-state index in [1.165, 1.54) is 22.1 Å². The van der Waals surface area contributed by atoms with Crippen molar-refractivity contribution in [2.24, 2.45) is 0 Å². The molecule has 0 fully saturated rings. The summed E-state index contributed by atoms with van der Waals surface area (Å²) in [4.78, 5) is 44.7. The van der Waals surface area contributed by atoms with Gasteiger partial charge < -0.3 is 9.88 Å². The number of aromatic nitrogens is 1. The van der Waals surface area contributed by atoms with Crippen molar-refractivity contribution < 1.29 is 14.4 Å². The minimum absolute atomic E-state index is 0.209. The Labute approximate surface area is 180 Å². The van der Waals surface area contributed by atoms with Gasteiger partial charge in [-0.25, -0.2) is 0 Å². The number of nitrogens with zero attached hydrogens (tertiary/aromatic N) is 2. The summed E-state index contributed by atoms with van der Waals surface area (Å²) in [6.45, 7) is 4.72. The van der Waals surface area contributed by atoms with Gasteiger partial charge >= 0.3 is 0 Å². The molecule has 0 radical (unpaired) electrons. The molecule has 6 nitrogen and oxygen atoms in total. The SMILES string of the molecule is Cc1cccc2c(C3=CCN(C(=O)C(C)N4C(=O)c5ccccc5C4=O)CC3)c[nH]c12. The van der Waals surface area contributed by atoms with Crippen LogP contribution in [0.1, 0.15) is 45.2 Å². The zero-order chi connectivity index (χ0) is 21.7. The molecule has 156 valence electrons. The standard InChI is InChI=1S/C25H23N3O3/c1-15-6-5-9-18-21(14-26-22(15)18)17-10-12-27(13-11-17)23(29)16(2)28-24(30)19-7-3-4-8-20(19)25(28)31/h3-10,14,16,26H,11-13H2,1-2H3. The fourth-order valence-corrected chi connectivity index (χ4v) is 4.62. The van der Waals surface area contributed by atoms with Gasteiger partial charge in [0, 0.05) is 35.8 Å². The fraction of sp³-hybridized carbons (Fsp3) is 0.240. The highest BCUT2D eigenvalue weighted by Crippen LogP contribution is 2.31. The first-order valence-electron chi connectivity index (χ1n) is 10.5. The summed E-state index contributed by atoms with van der Waals surface area (Å²) in [5.41, 5.74) is 5.43. The summed E-state index contributed by atoms with van der Waals surface area (Å²) in [6, 6.07) is 12.1. The van der Waals surface area contributed by atoms with Crippen LogP contribution in [0.3, 0.4) is 0 Å². The number of aromatic amines is 1. The second-order valence-electron chi connectivity index (χ2n) is 8.17. The Balaban J connectivity index is 1.34. The van der Waals surface area contributed by atoms with Crippen molar-refractivity contribution in [3.8, 4) is 0 Å². The van der Waals surface area contributed by atoms with Crippen LogP contribution < -0.4 is 0 Å². The van der Waals surface area contributed by atoms with E-state index in [-0.39, 0.29) is 5.91 Å². The maximum atomic E-state index is 13.1. The Morgan fingerprint density at radius 3 is 2.35 bits per heavy atom. The summed E-state index contributed by atoms with van der Waals surface area (Å²) in [5.74, 6) is -1.01. The van der Waals surface area contributed by atoms with Crippen LogP contribution in [0.2, 0.25) is 0 Å². The van der Waals surface area contributed by atoms with Gasteiger partial charge in [-0.2, -0.15) is 0 Å². The average molecular weight is 413 g/mol. The van der Waals surface area contributed by atoms with Crippen molar-refractivity contribution in [3.63, 3.8) is 0 Å². The fourth-order valence-electron chi connectivity index (χ4n) is 4.62. The first-order valence-corrected chi connectivity index (χ1v) is 10.5. The highest BCUT2D eigenvalue weighted by molar-refractivity contribution is 6.22. The number of imide groups is 1. The molecular formula is C25H23N3O3. The second kappa shape index (κ2) is 7.23. The molecule has 0 spiro atoms. The number of para-hydroxylation sites is 1. The zero-order valence-corrected chi connectivity index (χ0v) is 17.5. The van der Waals surface area contributed by atoms with Crippen molar-refractivity contribution in [3.05, 3.63) is 77.0 Å². The molecule has 2 aromatic carbocycles. The molecule has 3 heterocycles. The smallest absolute Gasteiger partial charge is 0.262 e. The molecule has 0 aliphatic carbocycles. The van der Waals surface area contributed by atoms with Gasteiger partial charge in [-0.3, -0.25) is 19.3 Å². The summed E-state index contributed by atoms with van der Waals surface area (Å²) < 4.78 is 0. The zero-order valence-electron chi connectivity index (χ0n) is 17.5. The topological polar surface area (TPSA) is 73.5 Å². The third-order valence-electron chi connectivity index (χ3n) is 6.36. The maximum Gasteiger partial charge on any atom is 0.262 e. The molecule has 3 aromatic rings. The lowest BCUT2D eigenvalue weighted by atomic mass is 9.98. The molecule has 1 N–H and O–H groups in total. The predicted octanol–water partition coefficient (Wildman–Crippen LogP) is 3.78. The maximum absolute atomic E-state index is 13.1. The summed E-state index contributed by atoms with van der Waals surface area (Å²) in [6.07, 6.45) is 4.82. The van der Waals surface area contributed by atoms with Gasteiger partial charge in [0.2, 0.25) is 5.91 Å². The summed E-state index contributed by atoms with van der Waals surface area (Å²) >= 11 is 0. The quantitative estimate of drug-likeness (QED) is 0.664. The summed E-state index contributed by atoms with van der Waals surface area (Å²) in [5, 5.41) is 1.19. The molecule has 2 aliphatic rings. The lowest BCUT2D eigenvalue weighted by Crippen LogP contribution is -2.50. The number of H-pyrrole nitrogens is 1. The normalized spacial score (nSPS) is 17.2. The molecule has 3 amide bonds. The van der Waals surface area contributed by atoms with E-state index in [4.69, 9.17) is 0 Å². The van der Waals surface area contributed by atoms with Gasteiger partial charge in [-0.1, -0.05) is 36.4 Å². The Kier molecular flexibility index (Phi) is 4.50. The van der Waals surface area contributed by atoms with Crippen molar-refractivity contribution in [1.29, 1.82) is 0 Å². The van der Waals surface area contributed by atoms with Crippen molar-refractivity contribution in [2.75, 3.05) is 13.1 Å². The van der Waals surface area contributed by atoms with Crippen molar-refractivity contribution in [2.45, 2.75) is 26.3 Å². The Bertz CT molecular complexity index is 1240. The van der Waals surface area contributed by atoms with Gasteiger partial charge in [0.1, 0.15) is 6.04 Å². The molecule has 0 saturated carbocycles. The van der Waals surface area contributed by atoms with Crippen molar-refractivity contribution in [1.82, 2.24) is 14.8 Å². The Morgan fingerprint density at radius 2 is 1.71 bits per heavy atom. The number of hydrogen-bond donors (Lipinski definition) is 1. The molecule has 31 heavy (non-hydrogen) atoms. The Morgan fingerprint density at radius 1 is 1.00 bits per heavy atom. The third kappa shape index (κ3) is 2.98. The van der Waals surface area contributed by atoms with E-state index in [9.17, 15) is 14.4 Å². The van der Waals surface area contributed by atoms with Gasteiger partial charge in [0.15, 0.2) is 0 Å². The largest absolute Gasteiger partial charge is 0.360 e. The Hall–Kier alpha value is -3.67. The molecule has 6 heteroatoms. The van der Waals surface area contributed by atoms with E-state index >= 15 is 0 Å². The molecule has 5 rings (SSSR count). The number of aryl methyl sites for hydroxylation is 1. The number of carbonyl (C=O) groups is 3. The molecule has 1 aromatic heterocycles. The van der Waals surface area contributed by atoms with Crippen LogP contribution in [0.15, 0.2) is 54.7 Å². The van der Waals surface area contributed by atoms with Crippen LogP contribution in [0.5, 0.6) is 0 Å². The van der Waals surface area contributed by atoms with Crippen molar-refractivity contribution >= 4 is 34.2 Å². The number of hydrogen-bond acceptors (Lipinski definition) is 3. The molecule has 1 unspecified atom stereocenters. The van der Waals surface area contributed by atoms with Crippen LogP contribution in [-0.4, -0.2) is 51.6 Å². The van der Waals surface area contributed by atoms with Crippen LogP contribution in [0.25, 0.3) is 16.5 Å². The van der Waals surface area contributed by atoms with Gasteiger partial charge in [-0.05, 0) is 43.5 Å². The van der Waals surface area contributed by atoms with Crippen LogP contribution in [0.4, 0.5) is 0 Å². The predicted molar refractivity (Wildman–Crippen MR) is 119 cm³/mol. The third-order valence-corrected chi connectivity index (χ3v) is 6.36. The number of carbonyl (C=O) groups excluding carboxylic acids is 3. The van der Waals surface area contributed by atoms with Crippen LogP contribution in [0, 0.1) is 6.92 Å². The number of amides is 3. The number of rotatable bonds is 3. The van der Waals surface area contributed by atoms with E-state index in [1.807, 2.05) is 6.20 Å². The minimum Gasteiger partial charge on any atom is -0.360 e. The molecular weight excluding hydrogens is 390 g/mol. The lowest BCUT2D eigenvalue weighted by Gasteiger charge is -2.31. The lowest BCUT2D eigenvalue weighted by molar-refractivity contribution is -0.134. The monoisotopic (exact) mass is 413 g/mol. The van der Waals surface area contributed by atoms with E-state index in [0.717, 1.165) is 16.8 Å². The molecule has 2 aliphatic heterocycles. The minimum atomic E-state index is -0.835. The first kappa shape index (κ1) is 19.3. The van der Waals surface area contributed by atoms with E-state index in [2.05, 4.69) is 36.2 Å². The first-order chi connectivity index (χ1) is 15.0.